The third kappa shape index (κ3) is 4.03. The van der Waals surface area contributed by atoms with Gasteiger partial charge in [0, 0.05) is 42.0 Å². The number of hydrogen-bond acceptors (Lipinski definition) is 5. The minimum atomic E-state index is -0.549. The van der Waals surface area contributed by atoms with Crippen LogP contribution < -0.4 is 10.6 Å². The Hall–Kier alpha value is -2.18. The number of hydrogen-bond donors (Lipinski definition) is 1. The van der Waals surface area contributed by atoms with Crippen LogP contribution in [0.5, 0.6) is 0 Å². The van der Waals surface area contributed by atoms with Gasteiger partial charge in [-0.05, 0) is 49.3 Å². The number of anilines is 1. The lowest BCUT2D eigenvalue weighted by atomic mass is 9.87. The molecule has 7 heteroatoms. The van der Waals surface area contributed by atoms with E-state index in [1.54, 1.807) is 6.33 Å². The number of carbonyl (C=O) groups is 1. The van der Waals surface area contributed by atoms with Gasteiger partial charge in [0.2, 0.25) is 5.91 Å². The first-order valence-corrected chi connectivity index (χ1v) is 11.0. The van der Waals surface area contributed by atoms with Crippen molar-refractivity contribution in [3.63, 3.8) is 0 Å². The van der Waals surface area contributed by atoms with E-state index in [9.17, 15) is 4.79 Å². The molecule has 1 amide bonds. The number of nitrogens with two attached hydrogens (primary N) is 1. The lowest BCUT2D eigenvalue weighted by molar-refractivity contribution is -0.133. The van der Waals surface area contributed by atoms with Gasteiger partial charge in [-0.2, -0.15) is 0 Å². The van der Waals surface area contributed by atoms with Gasteiger partial charge in [0.25, 0.3) is 0 Å². The second-order valence-corrected chi connectivity index (χ2v) is 9.60. The molecule has 0 spiro atoms. The fraction of sp³-hybridized carbons (Fsp3) is 0.522. The quantitative estimate of drug-likeness (QED) is 0.811. The molecule has 1 aliphatic heterocycles. The van der Waals surface area contributed by atoms with Gasteiger partial charge in [0.05, 0.1) is 6.04 Å². The maximum Gasteiger partial charge on any atom is 0.239 e. The van der Waals surface area contributed by atoms with Crippen molar-refractivity contribution in [2.24, 2.45) is 5.73 Å². The molecule has 1 aromatic heterocycles. The summed E-state index contributed by atoms with van der Waals surface area (Å²) < 4.78 is 0. The number of nitrogens with zero attached hydrogens (tertiary/aromatic N) is 4. The first-order valence-electron chi connectivity index (χ1n) is 10.7. The molecule has 2 heterocycles. The van der Waals surface area contributed by atoms with E-state index >= 15 is 0 Å². The number of fused-ring (bicyclic) bond motifs is 1. The Kier molecular flexibility index (Phi) is 5.73. The van der Waals surface area contributed by atoms with Crippen LogP contribution in [0.15, 0.2) is 30.6 Å². The van der Waals surface area contributed by atoms with Gasteiger partial charge < -0.3 is 15.5 Å². The average Bonchev–Trinajstić information content (AvgIpc) is 3.04. The van der Waals surface area contributed by atoms with Crippen molar-refractivity contribution < 1.29 is 4.79 Å². The Balaban J connectivity index is 1.44. The SMILES string of the molecule is C[C@H]1CN(C(=O)[C@H](N)Cc2ccc(Cl)cc2)CCN1c1ncnc2c1C(C)(C)CC2. The Bertz CT molecular complexity index is 930. The smallest absolute Gasteiger partial charge is 0.239 e. The van der Waals surface area contributed by atoms with E-state index in [1.807, 2.05) is 29.2 Å². The summed E-state index contributed by atoms with van der Waals surface area (Å²) in [7, 11) is 0. The van der Waals surface area contributed by atoms with Crippen molar-refractivity contribution in [3.05, 3.63) is 52.4 Å². The minimum absolute atomic E-state index is 0.00435. The molecular weight excluding hydrogens is 398 g/mol. The molecule has 0 radical (unpaired) electrons. The first kappa shape index (κ1) is 21.1. The van der Waals surface area contributed by atoms with Crippen LogP contribution in [0.4, 0.5) is 5.82 Å². The van der Waals surface area contributed by atoms with Crippen molar-refractivity contribution in [2.75, 3.05) is 24.5 Å². The normalized spacial score (nSPS) is 21.4. The molecule has 1 aromatic carbocycles. The van der Waals surface area contributed by atoms with Gasteiger partial charge in [-0.3, -0.25) is 4.79 Å². The molecule has 160 valence electrons. The molecular formula is C23H30ClN5O. The highest BCUT2D eigenvalue weighted by atomic mass is 35.5. The molecule has 2 atom stereocenters. The molecule has 1 saturated heterocycles. The number of aromatic nitrogens is 2. The van der Waals surface area contributed by atoms with Crippen molar-refractivity contribution in [2.45, 2.75) is 57.5 Å². The standard InChI is InChI=1S/C23H30ClN5O/c1-15-13-28(22(30)18(25)12-16-4-6-17(24)7-5-16)10-11-29(15)21-20-19(26-14-27-21)8-9-23(20,2)3/h4-7,14-15,18H,8-13,25H2,1-3H3/t15-,18+/m0/s1. The predicted octanol–water partition coefficient (Wildman–Crippen LogP) is 2.96. The third-order valence-electron chi connectivity index (χ3n) is 6.47. The zero-order valence-corrected chi connectivity index (χ0v) is 18.7. The Labute approximate surface area is 183 Å². The summed E-state index contributed by atoms with van der Waals surface area (Å²) >= 11 is 5.95. The van der Waals surface area contributed by atoms with E-state index in [0.717, 1.165) is 30.8 Å². The van der Waals surface area contributed by atoms with Crippen molar-refractivity contribution in [3.8, 4) is 0 Å². The van der Waals surface area contributed by atoms with Crippen LogP contribution in [0, 0.1) is 0 Å². The number of rotatable bonds is 4. The fourth-order valence-corrected chi connectivity index (χ4v) is 4.86. The number of carbonyl (C=O) groups excluding carboxylic acids is 1. The molecule has 2 N–H and O–H groups in total. The number of piperazine rings is 1. The highest BCUT2D eigenvalue weighted by molar-refractivity contribution is 6.30. The van der Waals surface area contributed by atoms with Crippen LogP contribution in [0.25, 0.3) is 0 Å². The monoisotopic (exact) mass is 427 g/mol. The number of aryl methyl sites for hydroxylation is 1. The van der Waals surface area contributed by atoms with Gasteiger partial charge in [-0.1, -0.05) is 37.6 Å². The van der Waals surface area contributed by atoms with E-state index in [0.29, 0.717) is 24.5 Å². The van der Waals surface area contributed by atoms with E-state index in [1.165, 1.54) is 11.3 Å². The molecule has 0 saturated carbocycles. The average molecular weight is 428 g/mol. The van der Waals surface area contributed by atoms with Crippen LogP contribution in [0.2, 0.25) is 5.02 Å². The highest BCUT2D eigenvalue weighted by Crippen LogP contribution is 2.42. The molecule has 2 aliphatic rings. The first-order chi connectivity index (χ1) is 14.3. The summed E-state index contributed by atoms with van der Waals surface area (Å²) in [6.07, 6.45) is 4.30. The van der Waals surface area contributed by atoms with Gasteiger partial charge in [-0.15, -0.1) is 0 Å². The van der Waals surface area contributed by atoms with E-state index < -0.39 is 6.04 Å². The maximum absolute atomic E-state index is 13.0. The zero-order valence-electron chi connectivity index (χ0n) is 17.9. The summed E-state index contributed by atoms with van der Waals surface area (Å²) in [5.41, 5.74) is 9.80. The van der Waals surface area contributed by atoms with E-state index in [-0.39, 0.29) is 17.4 Å². The second kappa shape index (κ2) is 8.16. The summed E-state index contributed by atoms with van der Waals surface area (Å²) in [6, 6.07) is 7.13. The minimum Gasteiger partial charge on any atom is -0.350 e. The number of halogens is 1. The van der Waals surface area contributed by atoms with Crippen LogP contribution in [0.3, 0.4) is 0 Å². The highest BCUT2D eigenvalue weighted by Gasteiger charge is 2.38. The number of benzene rings is 1. The third-order valence-corrected chi connectivity index (χ3v) is 6.72. The van der Waals surface area contributed by atoms with Gasteiger partial charge in [0.15, 0.2) is 0 Å². The van der Waals surface area contributed by atoms with Crippen molar-refractivity contribution in [1.82, 2.24) is 14.9 Å². The summed E-state index contributed by atoms with van der Waals surface area (Å²) in [5, 5.41) is 0.683. The number of amides is 1. The fourth-order valence-electron chi connectivity index (χ4n) is 4.74. The molecule has 0 bridgehead atoms. The topological polar surface area (TPSA) is 75.3 Å². The van der Waals surface area contributed by atoms with E-state index in [2.05, 4.69) is 35.6 Å². The molecule has 4 rings (SSSR count). The summed E-state index contributed by atoms with van der Waals surface area (Å²) in [4.78, 5) is 26.4. The maximum atomic E-state index is 13.0. The molecule has 6 nitrogen and oxygen atoms in total. The lowest BCUT2D eigenvalue weighted by Crippen LogP contribution is -2.57. The molecule has 2 aromatic rings. The zero-order chi connectivity index (χ0) is 21.5. The van der Waals surface area contributed by atoms with Crippen molar-refractivity contribution in [1.29, 1.82) is 0 Å². The molecule has 1 fully saturated rings. The summed E-state index contributed by atoms with van der Waals surface area (Å²) in [5.74, 6) is 1.04. The van der Waals surface area contributed by atoms with Crippen LogP contribution in [0.1, 0.15) is 44.0 Å². The lowest BCUT2D eigenvalue weighted by Gasteiger charge is -2.42. The predicted molar refractivity (Wildman–Crippen MR) is 120 cm³/mol. The summed E-state index contributed by atoms with van der Waals surface area (Å²) in [6.45, 7) is 8.74. The largest absolute Gasteiger partial charge is 0.350 e. The molecule has 30 heavy (non-hydrogen) atoms. The Morgan fingerprint density at radius 2 is 2.00 bits per heavy atom. The van der Waals surface area contributed by atoms with Gasteiger partial charge in [-0.25, -0.2) is 9.97 Å². The second-order valence-electron chi connectivity index (χ2n) is 9.17. The Morgan fingerprint density at radius 3 is 2.70 bits per heavy atom. The molecule has 1 aliphatic carbocycles. The van der Waals surface area contributed by atoms with Crippen molar-refractivity contribution >= 4 is 23.3 Å². The van der Waals surface area contributed by atoms with Gasteiger partial charge in [0.1, 0.15) is 12.1 Å². The Morgan fingerprint density at radius 1 is 1.27 bits per heavy atom. The molecule has 0 unspecified atom stereocenters. The van der Waals surface area contributed by atoms with Gasteiger partial charge >= 0.3 is 0 Å². The van der Waals surface area contributed by atoms with Crippen LogP contribution >= 0.6 is 11.6 Å². The van der Waals surface area contributed by atoms with E-state index in [4.69, 9.17) is 17.3 Å². The van der Waals surface area contributed by atoms with Crippen LogP contribution in [-0.2, 0) is 23.1 Å². The van der Waals surface area contributed by atoms with Crippen LogP contribution in [-0.4, -0.2) is 52.5 Å².